The summed E-state index contributed by atoms with van der Waals surface area (Å²) in [5, 5.41) is 4.30. The summed E-state index contributed by atoms with van der Waals surface area (Å²) in [6, 6.07) is 7.71. The van der Waals surface area contributed by atoms with E-state index in [9.17, 15) is 14.0 Å². The van der Waals surface area contributed by atoms with E-state index in [4.69, 9.17) is 4.74 Å². The van der Waals surface area contributed by atoms with Crippen molar-refractivity contribution in [3.8, 4) is 0 Å². The number of rotatable bonds is 3. The maximum atomic E-state index is 13.6. The summed E-state index contributed by atoms with van der Waals surface area (Å²) in [7, 11) is 0. The van der Waals surface area contributed by atoms with Crippen molar-refractivity contribution in [2.45, 2.75) is 31.9 Å². The van der Waals surface area contributed by atoms with Crippen LogP contribution in [0.3, 0.4) is 0 Å². The number of benzene rings is 1. The molecule has 2 fully saturated rings. The Labute approximate surface area is 162 Å². The number of carbonyl (C=O) groups is 2. The zero-order chi connectivity index (χ0) is 19.7. The molecule has 1 atom stereocenters. The van der Waals surface area contributed by atoms with Gasteiger partial charge in [0, 0.05) is 25.0 Å². The van der Waals surface area contributed by atoms with Crippen LogP contribution in [0.25, 0.3) is 0 Å². The molecule has 2 saturated heterocycles. The van der Waals surface area contributed by atoms with Gasteiger partial charge in [0.25, 0.3) is 11.8 Å². The van der Waals surface area contributed by atoms with Gasteiger partial charge in [0.05, 0.1) is 13.1 Å². The Morgan fingerprint density at radius 1 is 1.32 bits per heavy atom. The van der Waals surface area contributed by atoms with Crippen molar-refractivity contribution in [1.82, 2.24) is 14.7 Å². The first-order valence-electron chi connectivity index (χ1n) is 9.52. The fourth-order valence-electron chi connectivity index (χ4n) is 3.93. The first kappa shape index (κ1) is 18.6. The molecule has 7 nitrogen and oxygen atoms in total. The van der Waals surface area contributed by atoms with Gasteiger partial charge in [0.2, 0.25) is 0 Å². The average molecular weight is 386 g/mol. The molecule has 2 aliphatic heterocycles. The van der Waals surface area contributed by atoms with Crippen LogP contribution in [-0.4, -0.2) is 58.3 Å². The van der Waals surface area contributed by atoms with Gasteiger partial charge in [-0.05, 0) is 44.0 Å². The number of carbonyl (C=O) groups excluding carboxylic acids is 2. The number of hydrogen-bond acceptors (Lipinski definition) is 4. The smallest absolute Gasteiger partial charge is 0.274 e. The van der Waals surface area contributed by atoms with E-state index in [-0.39, 0.29) is 18.4 Å². The molecule has 2 aliphatic rings. The second-order valence-corrected chi connectivity index (χ2v) is 7.32. The van der Waals surface area contributed by atoms with E-state index in [1.54, 1.807) is 38.9 Å². The normalized spacial score (nSPS) is 22.7. The van der Waals surface area contributed by atoms with Gasteiger partial charge >= 0.3 is 0 Å². The molecule has 2 aromatic rings. The van der Waals surface area contributed by atoms with E-state index < -0.39 is 11.4 Å². The van der Waals surface area contributed by atoms with Crippen LogP contribution in [0.1, 0.15) is 30.3 Å². The SMILES string of the molecule is CCn1ccc(C(=O)N2CCCC3(C2)CN(c2cccc(F)c2)C(=O)CO3)n1. The van der Waals surface area contributed by atoms with Crippen LogP contribution in [0.5, 0.6) is 0 Å². The van der Waals surface area contributed by atoms with Crippen molar-refractivity contribution in [3.63, 3.8) is 0 Å². The van der Waals surface area contributed by atoms with Gasteiger partial charge in [-0.2, -0.15) is 5.10 Å². The number of anilines is 1. The van der Waals surface area contributed by atoms with Gasteiger partial charge in [-0.15, -0.1) is 0 Å². The molecular weight excluding hydrogens is 363 g/mol. The highest BCUT2D eigenvalue weighted by Crippen LogP contribution is 2.32. The Morgan fingerprint density at radius 2 is 2.18 bits per heavy atom. The van der Waals surface area contributed by atoms with Crippen molar-refractivity contribution in [3.05, 3.63) is 48.0 Å². The second kappa shape index (κ2) is 7.35. The number of amides is 2. The Kier molecular flexibility index (Phi) is 4.89. The van der Waals surface area contributed by atoms with Crippen molar-refractivity contribution < 1.29 is 18.7 Å². The Morgan fingerprint density at radius 3 is 2.93 bits per heavy atom. The van der Waals surface area contributed by atoms with E-state index in [0.29, 0.717) is 37.6 Å². The third-order valence-electron chi connectivity index (χ3n) is 5.38. The van der Waals surface area contributed by atoms with E-state index in [2.05, 4.69) is 5.10 Å². The molecule has 28 heavy (non-hydrogen) atoms. The maximum Gasteiger partial charge on any atom is 0.274 e. The average Bonchev–Trinajstić information content (AvgIpc) is 3.19. The summed E-state index contributed by atoms with van der Waals surface area (Å²) in [6.45, 7) is 3.88. The van der Waals surface area contributed by atoms with Crippen LogP contribution >= 0.6 is 0 Å². The molecule has 1 unspecified atom stereocenters. The molecule has 0 bridgehead atoms. The summed E-state index contributed by atoms with van der Waals surface area (Å²) in [4.78, 5) is 28.6. The Balaban J connectivity index is 1.53. The number of nitrogens with zero attached hydrogens (tertiary/aromatic N) is 4. The lowest BCUT2D eigenvalue weighted by Gasteiger charge is -2.47. The van der Waals surface area contributed by atoms with Gasteiger partial charge in [0.15, 0.2) is 0 Å². The van der Waals surface area contributed by atoms with E-state index in [1.807, 2.05) is 6.92 Å². The largest absolute Gasteiger partial charge is 0.361 e. The minimum absolute atomic E-state index is 0.0804. The van der Waals surface area contributed by atoms with Crippen molar-refractivity contribution in [2.75, 3.05) is 31.1 Å². The first-order valence-corrected chi connectivity index (χ1v) is 9.52. The van der Waals surface area contributed by atoms with Crippen LogP contribution in [0.15, 0.2) is 36.5 Å². The summed E-state index contributed by atoms with van der Waals surface area (Å²) < 4.78 is 21.3. The number of aryl methyl sites for hydroxylation is 1. The van der Waals surface area contributed by atoms with E-state index in [1.165, 1.54) is 12.1 Å². The molecule has 1 aromatic carbocycles. The summed E-state index contributed by atoms with van der Waals surface area (Å²) >= 11 is 0. The summed E-state index contributed by atoms with van der Waals surface area (Å²) in [5.41, 5.74) is 0.271. The monoisotopic (exact) mass is 386 g/mol. The molecule has 3 heterocycles. The Hall–Kier alpha value is -2.74. The molecule has 2 amide bonds. The highest BCUT2D eigenvalue weighted by molar-refractivity contribution is 5.95. The fourth-order valence-corrected chi connectivity index (χ4v) is 3.93. The molecule has 4 rings (SSSR count). The lowest BCUT2D eigenvalue weighted by atomic mass is 9.90. The molecule has 0 N–H and O–H groups in total. The molecule has 8 heteroatoms. The fraction of sp³-hybridized carbons (Fsp3) is 0.450. The zero-order valence-corrected chi connectivity index (χ0v) is 15.8. The highest BCUT2D eigenvalue weighted by Gasteiger charge is 2.44. The zero-order valence-electron chi connectivity index (χ0n) is 15.8. The standard InChI is InChI=1S/C20H23FN4O3/c1-2-24-10-7-17(22-24)19(27)23-9-4-8-20(13-23)14-25(18(26)12-28-20)16-6-3-5-15(21)11-16/h3,5-7,10-11H,2,4,8-9,12-14H2,1H3. The topological polar surface area (TPSA) is 67.7 Å². The summed E-state index contributed by atoms with van der Waals surface area (Å²) in [6.07, 6.45) is 3.29. The van der Waals surface area contributed by atoms with Crippen molar-refractivity contribution >= 4 is 17.5 Å². The maximum absolute atomic E-state index is 13.6. The predicted octanol–water partition coefficient (Wildman–Crippen LogP) is 2.08. The predicted molar refractivity (Wildman–Crippen MR) is 100 cm³/mol. The number of likely N-dealkylation sites (tertiary alicyclic amines) is 1. The molecule has 1 aromatic heterocycles. The van der Waals surface area contributed by atoms with Gasteiger partial charge < -0.3 is 14.5 Å². The van der Waals surface area contributed by atoms with Gasteiger partial charge in [0.1, 0.15) is 23.7 Å². The van der Waals surface area contributed by atoms with E-state index >= 15 is 0 Å². The molecule has 1 spiro atoms. The van der Waals surface area contributed by atoms with Crippen LogP contribution in [-0.2, 0) is 16.1 Å². The minimum atomic E-state index is -0.651. The van der Waals surface area contributed by atoms with Gasteiger partial charge in [-0.1, -0.05) is 6.07 Å². The lowest BCUT2D eigenvalue weighted by molar-refractivity contribution is -0.144. The second-order valence-electron chi connectivity index (χ2n) is 7.32. The quantitative estimate of drug-likeness (QED) is 0.810. The number of hydrogen-bond donors (Lipinski definition) is 0. The third-order valence-corrected chi connectivity index (χ3v) is 5.38. The molecule has 0 saturated carbocycles. The van der Waals surface area contributed by atoms with Crippen LogP contribution < -0.4 is 4.90 Å². The minimum Gasteiger partial charge on any atom is -0.361 e. The Bertz CT molecular complexity index is 899. The molecular formula is C20H23FN4O3. The summed E-state index contributed by atoms with van der Waals surface area (Å²) in [5.74, 6) is -0.733. The highest BCUT2D eigenvalue weighted by atomic mass is 19.1. The molecule has 0 radical (unpaired) electrons. The van der Waals surface area contributed by atoms with Gasteiger partial charge in [-0.3, -0.25) is 14.3 Å². The van der Waals surface area contributed by atoms with Crippen LogP contribution in [0, 0.1) is 5.82 Å². The lowest BCUT2D eigenvalue weighted by Crippen LogP contribution is -2.62. The van der Waals surface area contributed by atoms with Crippen molar-refractivity contribution in [2.24, 2.45) is 0 Å². The van der Waals surface area contributed by atoms with Crippen LogP contribution in [0.4, 0.5) is 10.1 Å². The molecule has 148 valence electrons. The molecule has 0 aliphatic carbocycles. The van der Waals surface area contributed by atoms with Gasteiger partial charge in [-0.25, -0.2) is 4.39 Å². The number of halogens is 1. The number of morpholine rings is 1. The number of ether oxygens (including phenoxy) is 1. The number of aromatic nitrogens is 2. The first-order chi connectivity index (χ1) is 13.5. The van der Waals surface area contributed by atoms with E-state index in [0.717, 1.165) is 12.8 Å². The van der Waals surface area contributed by atoms with Crippen molar-refractivity contribution in [1.29, 1.82) is 0 Å². The van der Waals surface area contributed by atoms with Crippen LogP contribution in [0.2, 0.25) is 0 Å². The third kappa shape index (κ3) is 3.52. The number of piperidine rings is 1.